The van der Waals surface area contributed by atoms with E-state index in [4.69, 9.17) is 11.1 Å². The fraction of sp³-hybridized carbons (Fsp3) is 0.857. The summed E-state index contributed by atoms with van der Waals surface area (Å²) in [6.07, 6.45) is 2.24. The minimum Gasteiger partial charge on any atom is -0.386 e. The lowest BCUT2D eigenvalue weighted by Gasteiger charge is -2.40. The summed E-state index contributed by atoms with van der Waals surface area (Å²) < 4.78 is 0. The van der Waals surface area contributed by atoms with Crippen LogP contribution in [0.2, 0.25) is 0 Å². The molecule has 2 fully saturated rings. The molecule has 6 nitrogen and oxygen atoms in total. The monoisotopic (exact) mass is 281 g/mol. The van der Waals surface area contributed by atoms with Crippen molar-refractivity contribution < 1.29 is 4.79 Å². The molecule has 0 bridgehead atoms. The van der Waals surface area contributed by atoms with Crippen LogP contribution in [0.25, 0.3) is 0 Å². The fourth-order valence-corrected chi connectivity index (χ4v) is 2.90. The molecule has 1 unspecified atom stereocenters. The van der Waals surface area contributed by atoms with Crippen molar-refractivity contribution in [2.45, 2.75) is 32.7 Å². The van der Waals surface area contributed by atoms with Gasteiger partial charge in [-0.1, -0.05) is 6.92 Å². The summed E-state index contributed by atoms with van der Waals surface area (Å²) in [6.45, 7) is 9.07. The van der Waals surface area contributed by atoms with E-state index in [2.05, 4.69) is 11.8 Å². The van der Waals surface area contributed by atoms with E-state index in [0.29, 0.717) is 0 Å². The first kappa shape index (κ1) is 15.1. The number of piperazine rings is 1. The molecule has 20 heavy (non-hydrogen) atoms. The van der Waals surface area contributed by atoms with Crippen molar-refractivity contribution >= 4 is 11.9 Å². The van der Waals surface area contributed by atoms with Crippen LogP contribution in [0.15, 0.2) is 0 Å². The second kappa shape index (κ2) is 6.43. The lowest BCUT2D eigenvalue weighted by Crippen LogP contribution is -2.57. The molecule has 0 aromatic heterocycles. The van der Waals surface area contributed by atoms with Crippen LogP contribution in [0.1, 0.15) is 26.7 Å². The maximum atomic E-state index is 12.4. The van der Waals surface area contributed by atoms with Gasteiger partial charge in [0.05, 0.1) is 6.04 Å². The van der Waals surface area contributed by atoms with Crippen molar-refractivity contribution in [3.05, 3.63) is 0 Å². The first-order valence-corrected chi connectivity index (χ1v) is 7.61. The number of piperidine rings is 1. The quantitative estimate of drug-likeness (QED) is 0.580. The molecule has 0 aliphatic carbocycles. The van der Waals surface area contributed by atoms with Crippen molar-refractivity contribution in [2.75, 3.05) is 39.3 Å². The average Bonchev–Trinajstić information content (AvgIpc) is 2.46. The lowest BCUT2D eigenvalue weighted by molar-refractivity contribution is 0.0977. The number of likely N-dealkylation sites (tertiary alicyclic amines) is 1. The summed E-state index contributed by atoms with van der Waals surface area (Å²) in [6, 6.07) is 0.162. The van der Waals surface area contributed by atoms with Crippen LogP contribution < -0.4 is 5.73 Å². The Balaban J connectivity index is 1.81. The number of hydrogen-bond acceptors (Lipinski definition) is 3. The molecule has 114 valence electrons. The van der Waals surface area contributed by atoms with Gasteiger partial charge in [0.2, 0.25) is 0 Å². The Labute approximate surface area is 121 Å². The summed E-state index contributed by atoms with van der Waals surface area (Å²) in [5, 5.41) is 7.50. The van der Waals surface area contributed by atoms with E-state index in [0.717, 1.165) is 58.0 Å². The number of nitrogens with two attached hydrogens (primary N) is 1. The Bertz CT molecular complexity index is 357. The molecule has 0 aromatic carbocycles. The van der Waals surface area contributed by atoms with Gasteiger partial charge in [0.25, 0.3) is 0 Å². The van der Waals surface area contributed by atoms with Gasteiger partial charge in [-0.2, -0.15) is 0 Å². The second-order valence-corrected chi connectivity index (χ2v) is 6.11. The van der Waals surface area contributed by atoms with Gasteiger partial charge in [-0.15, -0.1) is 0 Å². The number of carbonyl (C=O) groups excluding carboxylic acids is 1. The molecular formula is C14H27N5O. The van der Waals surface area contributed by atoms with E-state index in [1.54, 1.807) is 0 Å². The van der Waals surface area contributed by atoms with Gasteiger partial charge in [0.15, 0.2) is 0 Å². The Hall–Kier alpha value is -1.30. The summed E-state index contributed by atoms with van der Waals surface area (Å²) in [4.78, 5) is 18.5. The van der Waals surface area contributed by atoms with E-state index in [1.807, 2.05) is 16.7 Å². The van der Waals surface area contributed by atoms with Gasteiger partial charge in [0.1, 0.15) is 5.84 Å². The molecule has 2 aliphatic heterocycles. The van der Waals surface area contributed by atoms with Crippen LogP contribution in [0, 0.1) is 11.3 Å². The number of rotatable bonds is 2. The molecule has 2 aliphatic rings. The third-order valence-corrected chi connectivity index (χ3v) is 4.64. The molecule has 0 aromatic rings. The minimum atomic E-state index is -0.0249. The number of nitrogens with one attached hydrogen (secondary N) is 1. The fourth-order valence-electron chi connectivity index (χ4n) is 2.90. The van der Waals surface area contributed by atoms with Crippen LogP contribution in [0.3, 0.4) is 0 Å². The molecule has 0 radical (unpaired) electrons. The van der Waals surface area contributed by atoms with E-state index in [1.165, 1.54) is 0 Å². The van der Waals surface area contributed by atoms with Crippen LogP contribution in [0.5, 0.6) is 0 Å². The van der Waals surface area contributed by atoms with Gasteiger partial charge in [-0.3, -0.25) is 10.3 Å². The standard InChI is InChI=1S/C14H27N5O/c1-11-3-5-18(6-4-11)14(20)19-9-7-17(8-10-19)12(2)13(15)16/h11-12H,3-10H2,1-2H3,(H3,15,16). The SMILES string of the molecule is CC1CCN(C(=O)N2CCN(C(C)C(=N)N)CC2)CC1. The number of amidine groups is 1. The van der Waals surface area contributed by atoms with E-state index in [9.17, 15) is 4.79 Å². The Morgan fingerprint density at radius 2 is 1.60 bits per heavy atom. The topological polar surface area (TPSA) is 76.7 Å². The number of carbonyl (C=O) groups is 1. The first-order valence-electron chi connectivity index (χ1n) is 7.61. The zero-order chi connectivity index (χ0) is 14.7. The molecule has 1 atom stereocenters. The molecule has 2 saturated heterocycles. The van der Waals surface area contributed by atoms with Gasteiger partial charge >= 0.3 is 6.03 Å². The Morgan fingerprint density at radius 1 is 1.10 bits per heavy atom. The zero-order valence-electron chi connectivity index (χ0n) is 12.6. The van der Waals surface area contributed by atoms with Crippen LogP contribution >= 0.6 is 0 Å². The highest BCUT2D eigenvalue weighted by atomic mass is 16.2. The van der Waals surface area contributed by atoms with Gasteiger partial charge in [-0.05, 0) is 25.7 Å². The average molecular weight is 281 g/mol. The first-order chi connectivity index (χ1) is 9.49. The number of nitrogens with zero attached hydrogens (tertiary/aromatic N) is 3. The van der Waals surface area contributed by atoms with Crippen molar-refractivity contribution in [2.24, 2.45) is 11.7 Å². The van der Waals surface area contributed by atoms with Crippen molar-refractivity contribution in [1.29, 1.82) is 5.41 Å². The molecule has 0 saturated carbocycles. The number of amides is 2. The molecule has 2 amide bonds. The predicted molar refractivity (Wildman–Crippen MR) is 79.9 cm³/mol. The summed E-state index contributed by atoms with van der Waals surface area (Å²) in [5.74, 6) is 0.946. The van der Waals surface area contributed by atoms with Crippen LogP contribution in [0.4, 0.5) is 4.79 Å². The highest BCUT2D eigenvalue weighted by Gasteiger charge is 2.29. The number of hydrogen-bond donors (Lipinski definition) is 2. The molecule has 3 N–H and O–H groups in total. The van der Waals surface area contributed by atoms with Crippen molar-refractivity contribution in [3.8, 4) is 0 Å². The predicted octanol–water partition coefficient (Wildman–Crippen LogP) is 0.780. The molecule has 2 rings (SSSR count). The smallest absolute Gasteiger partial charge is 0.320 e. The highest BCUT2D eigenvalue weighted by Crippen LogP contribution is 2.18. The Morgan fingerprint density at radius 3 is 2.10 bits per heavy atom. The maximum Gasteiger partial charge on any atom is 0.320 e. The molecular weight excluding hydrogens is 254 g/mol. The van der Waals surface area contributed by atoms with E-state index in [-0.39, 0.29) is 17.9 Å². The molecule has 2 heterocycles. The van der Waals surface area contributed by atoms with Crippen LogP contribution in [-0.2, 0) is 0 Å². The summed E-state index contributed by atoms with van der Waals surface area (Å²) >= 11 is 0. The van der Waals surface area contributed by atoms with E-state index >= 15 is 0 Å². The third-order valence-electron chi connectivity index (χ3n) is 4.64. The van der Waals surface area contributed by atoms with Gasteiger partial charge in [-0.25, -0.2) is 4.79 Å². The largest absolute Gasteiger partial charge is 0.386 e. The molecule has 6 heteroatoms. The van der Waals surface area contributed by atoms with Crippen LogP contribution in [-0.4, -0.2) is 71.9 Å². The van der Waals surface area contributed by atoms with Crippen molar-refractivity contribution in [1.82, 2.24) is 14.7 Å². The second-order valence-electron chi connectivity index (χ2n) is 6.11. The zero-order valence-corrected chi connectivity index (χ0v) is 12.6. The maximum absolute atomic E-state index is 12.4. The third kappa shape index (κ3) is 3.42. The summed E-state index contributed by atoms with van der Waals surface area (Å²) in [5.41, 5.74) is 5.54. The molecule has 0 spiro atoms. The van der Waals surface area contributed by atoms with Gasteiger partial charge < -0.3 is 15.5 Å². The number of urea groups is 1. The highest BCUT2D eigenvalue weighted by molar-refractivity contribution is 5.82. The normalized spacial score (nSPS) is 23.7. The lowest BCUT2D eigenvalue weighted by atomic mass is 9.99. The van der Waals surface area contributed by atoms with Gasteiger partial charge in [0, 0.05) is 39.3 Å². The minimum absolute atomic E-state index is 0.0249. The Kier molecular flexibility index (Phi) is 4.86. The van der Waals surface area contributed by atoms with E-state index < -0.39 is 0 Å². The summed E-state index contributed by atoms with van der Waals surface area (Å²) in [7, 11) is 0. The van der Waals surface area contributed by atoms with Crippen molar-refractivity contribution in [3.63, 3.8) is 0 Å².